The molecular formula is C18H22N4. The summed E-state index contributed by atoms with van der Waals surface area (Å²) in [5.41, 5.74) is 4.82. The third-order valence-electron chi connectivity index (χ3n) is 4.61. The molecule has 0 amide bonds. The minimum Gasteiger partial charge on any atom is -0.376 e. The van der Waals surface area contributed by atoms with Gasteiger partial charge in [0.05, 0.1) is 0 Å². The average Bonchev–Trinajstić information content (AvgIpc) is 3.00. The standard InChI is InChI=1S/C18H22N4/c1-21-9-5-6-14(13-21)15-12-20-18-17(15)16(7-8-19-18)22-10-3-2-4-11-22/h5-8,12-13H,2-4,9-11H2,1H3,(H,19,20). The summed E-state index contributed by atoms with van der Waals surface area (Å²) in [6.45, 7) is 3.28. The molecule has 1 N–H and O–H groups in total. The lowest BCUT2D eigenvalue weighted by molar-refractivity contribution is 0.507. The first-order chi connectivity index (χ1) is 10.8. The maximum atomic E-state index is 4.52. The van der Waals surface area contributed by atoms with Crippen LogP contribution in [0.3, 0.4) is 0 Å². The molecule has 2 aliphatic rings. The van der Waals surface area contributed by atoms with Crippen LogP contribution in [0.25, 0.3) is 16.6 Å². The second-order valence-corrected chi connectivity index (χ2v) is 6.23. The van der Waals surface area contributed by atoms with E-state index in [1.165, 1.54) is 41.5 Å². The van der Waals surface area contributed by atoms with Crippen molar-refractivity contribution >= 4 is 22.3 Å². The molecular weight excluding hydrogens is 272 g/mol. The number of nitrogens with one attached hydrogen (secondary N) is 1. The predicted octanol–water partition coefficient (Wildman–Crippen LogP) is 3.40. The van der Waals surface area contributed by atoms with Crippen molar-refractivity contribution in [1.82, 2.24) is 14.9 Å². The molecule has 2 aliphatic heterocycles. The summed E-state index contributed by atoms with van der Waals surface area (Å²) in [5.74, 6) is 0. The Morgan fingerprint density at radius 2 is 2.05 bits per heavy atom. The number of nitrogens with zero attached hydrogens (tertiary/aromatic N) is 3. The Morgan fingerprint density at radius 3 is 2.86 bits per heavy atom. The van der Waals surface area contributed by atoms with Crippen molar-refractivity contribution in [3.05, 3.63) is 42.4 Å². The molecule has 4 rings (SSSR count). The van der Waals surface area contributed by atoms with E-state index in [0.29, 0.717) is 0 Å². The number of H-pyrrole nitrogens is 1. The van der Waals surface area contributed by atoms with Gasteiger partial charge < -0.3 is 14.8 Å². The summed E-state index contributed by atoms with van der Waals surface area (Å²) in [6.07, 6.45) is 14.6. The minimum atomic E-state index is 0.975. The first-order valence-corrected chi connectivity index (χ1v) is 8.13. The van der Waals surface area contributed by atoms with Crippen molar-refractivity contribution < 1.29 is 0 Å². The number of hydrogen-bond donors (Lipinski definition) is 1. The van der Waals surface area contributed by atoms with Gasteiger partial charge >= 0.3 is 0 Å². The molecule has 0 unspecified atom stereocenters. The molecule has 1 fully saturated rings. The van der Waals surface area contributed by atoms with Crippen LogP contribution < -0.4 is 4.90 Å². The zero-order valence-electron chi connectivity index (χ0n) is 13.0. The number of rotatable bonds is 2. The Balaban J connectivity index is 1.84. The smallest absolute Gasteiger partial charge is 0.139 e. The molecule has 0 bridgehead atoms. The molecule has 2 aromatic rings. The molecule has 1 saturated heterocycles. The van der Waals surface area contributed by atoms with Crippen LogP contribution in [0.5, 0.6) is 0 Å². The lowest BCUT2D eigenvalue weighted by Gasteiger charge is -2.29. The second kappa shape index (κ2) is 5.52. The third kappa shape index (κ3) is 2.28. The summed E-state index contributed by atoms with van der Waals surface area (Å²) in [4.78, 5) is 12.6. The van der Waals surface area contributed by atoms with Crippen LogP contribution in [-0.2, 0) is 0 Å². The summed E-state index contributed by atoms with van der Waals surface area (Å²) < 4.78 is 0. The van der Waals surface area contributed by atoms with Gasteiger partial charge in [-0.25, -0.2) is 4.98 Å². The molecule has 22 heavy (non-hydrogen) atoms. The molecule has 2 aromatic heterocycles. The van der Waals surface area contributed by atoms with Crippen LogP contribution >= 0.6 is 0 Å². The highest BCUT2D eigenvalue weighted by Gasteiger charge is 2.18. The van der Waals surface area contributed by atoms with Crippen LogP contribution in [0.15, 0.2) is 36.8 Å². The molecule has 4 heterocycles. The Hall–Kier alpha value is -2.23. The SMILES string of the molecule is CN1C=C(c2c[nH]c3nccc(N4CCCCC4)c23)C=CC1. The van der Waals surface area contributed by atoms with E-state index in [2.05, 4.69) is 57.4 Å². The zero-order valence-corrected chi connectivity index (χ0v) is 13.0. The van der Waals surface area contributed by atoms with Gasteiger partial charge in [0.25, 0.3) is 0 Å². The highest BCUT2D eigenvalue weighted by Crippen LogP contribution is 2.34. The van der Waals surface area contributed by atoms with Crippen molar-refractivity contribution in [3.63, 3.8) is 0 Å². The van der Waals surface area contributed by atoms with E-state index in [1.807, 2.05) is 6.20 Å². The maximum Gasteiger partial charge on any atom is 0.139 e. The number of allylic oxidation sites excluding steroid dienone is 2. The molecule has 114 valence electrons. The molecule has 0 radical (unpaired) electrons. The van der Waals surface area contributed by atoms with E-state index in [1.54, 1.807) is 0 Å². The highest BCUT2D eigenvalue weighted by atomic mass is 15.1. The maximum absolute atomic E-state index is 4.52. The summed E-state index contributed by atoms with van der Waals surface area (Å²) in [5, 5.41) is 1.26. The van der Waals surface area contributed by atoms with Crippen LogP contribution in [-0.4, -0.2) is 41.5 Å². The third-order valence-corrected chi connectivity index (χ3v) is 4.61. The van der Waals surface area contributed by atoms with Crippen molar-refractivity contribution in [3.8, 4) is 0 Å². The predicted molar refractivity (Wildman–Crippen MR) is 91.9 cm³/mol. The van der Waals surface area contributed by atoms with Crippen molar-refractivity contribution in [1.29, 1.82) is 0 Å². The highest BCUT2D eigenvalue weighted by molar-refractivity contribution is 6.01. The van der Waals surface area contributed by atoms with Gasteiger partial charge in [0, 0.05) is 61.9 Å². The number of aromatic amines is 1. The molecule has 0 atom stereocenters. The first-order valence-electron chi connectivity index (χ1n) is 8.13. The van der Waals surface area contributed by atoms with E-state index >= 15 is 0 Å². The summed E-state index contributed by atoms with van der Waals surface area (Å²) >= 11 is 0. The fourth-order valence-corrected chi connectivity index (χ4v) is 3.50. The molecule has 4 heteroatoms. The fourth-order valence-electron chi connectivity index (χ4n) is 3.50. The molecule has 0 spiro atoms. The molecule has 0 aromatic carbocycles. The molecule has 0 aliphatic carbocycles. The van der Waals surface area contributed by atoms with E-state index in [-0.39, 0.29) is 0 Å². The summed E-state index contributed by atoms with van der Waals surface area (Å²) in [6, 6.07) is 2.17. The Labute approximate surface area is 131 Å². The van der Waals surface area contributed by atoms with E-state index < -0.39 is 0 Å². The van der Waals surface area contributed by atoms with Crippen LogP contribution in [0, 0.1) is 0 Å². The Morgan fingerprint density at radius 1 is 1.18 bits per heavy atom. The largest absolute Gasteiger partial charge is 0.376 e. The van der Waals surface area contributed by atoms with Crippen LogP contribution in [0.2, 0.25) is 0 Å². The van der Waals surface area contributed by atoms with Gasteiger partial charge in [0.15, 0.2) is 0 Å². The number of piperidine rings is 1. The molecule has 0 saturated carbocycles. The number of hydrogen-bond acceptors (Lipinski definition) is 3. The fraction of sp³-hybridized carbons (Fsp3) is 0.389. The van der Waals surface area contributed by atoms with Crippen LogP contribution in [0.1, 0.15) is 24.8 Å². The van der Waals surface area contributed by atoms with Crippen molar-refractivity contribution in [2.24, 2.45) is 0 Å². The van der Waals surface area contributed by atoms with Gasteiger partial charge in [-0.2, -0.15) is 0 Å². The van der Waals surface area contributed by atoms with Gasteiger partial charge in [0.2, 0.25) is 0 Å². The van der Waals surface area contributed by atoms with Gasteiger partial charge in [-0.05, 0) is 30.9 Å². The molecule has 4 nitrogen and oxygen atoms in total. The normalized spacial score (nSPS) is 18.9. The number of pyridine rings is 1. The quantitative estimate of drug-likeness (QED) is 0.922. The number of aromatic nitrogens is 2. The van der Waals surface area contributed by atoms with Crippen molar-refractivity contribution in [2.45, 2.75) is 19.3 Å². The van der Waals surface area contributed by atoms with Gasteiger partial charge in [-0.3, -0.25) is 0 Å². The van der Waals surface area contributed by atoms with E-state index in [0.717, 1.165) is 25.3 Å². The Bertz CT molecular complexity index is 735. The lowest BCUT2D eigenvalue weighted by atomic mass is 10.0. The number of likely N-dealkylation sites (N-methyl/N-ethyl adjacent to an activating group) is 1. The number of fused-ring (bicyclic) bond motifs is 1. The summed E-state index contributed by atoms with van der Waals surface area (Å²) in [7, 11) is 2.11. The van der Waals surface area contributed by atoms with Crippen molar-refractivity contribution in [2.75, 3.05) is 31.6 Å². The Kier molecular flexibility index (Phi) is 3.37. The van der Waals surface area contributed by atoms with Gasteiger partial charge in [-0.15, -0.1) is 0 Å². The van der Waals surface area contributed by atoms with Crippen LogP contribution in [0.4, 0.5) is 5.69 Å². The zero-order chi connectivity index (χ0) is 14.9. The monoisotopic (exact) mass is 294 g/mol. The van der Waals surface area contributed by atoms with E-state index in [9.17, 15) is 0 Å². The first kappa shape index (κ1) is 13.4. The number of anilines is 1. The second-order valence-electron chi connectivity index (χ2n) is 6.23. The van der Waals surface area contributed by atoms with Gasteiger partial charge in [-0.1, -0.05) is 12.2 Å². The van der Waals surface area contributed by atoms with E-state index in [4.69, 9.17) is 0 Å². The lowest BCUT2D eigenvalue weighted by Crippen LogP contribution is -2.29. The van der Waals surface area contributed by atoms with Gasteiger partial charge in [0.1, 0.15) is 5.65 Å². The minimum absolute atomic E-state index is 0.975. The topological polar surface area (TPSA) is 35.2 Å². The average molecular weight is 294 g/mol.